The van der Waals surface area contributed by atoms with Crippen molar-refractivity contribution in [3.8, 4) is 22.8 Å². The van der Waals surface area contributed by atoms with Crippen LogP contribution in [0, 0.1) is 0 Å². The summed E-state index contributed by atoms with van der Waals surface area (Å²) in [5.74, 6) is 1.68. The van der Waals surface area contributed by atoms with Gasteiger partial charge in [0.25, 0.3) is 0 Å². The van der Waals surface area contributed by atoms with Gasteiger partial charge in [-0.05, 0) is 30.3 Å². The van der Waals surface area contributed by atoms with E-state index in [1.165, 1.54) is 23.1 Å². The first kappa shape index (κ1) is 17.4. The lowest BCUT2D eigenvalue weighted by Gasteiger charge is -2.18. The van der Waals surface area contributed by atoms with Crippen molar-refractivity contribution < 1.29 is 14.3 Å². The van der Waals surface area contributed by atoms with Gasteiger partial charge in [-0.3, -0.25) is 4.79 Å². The summed E-state index contributed by atoms with van der Waals surface area (Å²) in [6.45, 7) is 1.04. The first-order valence-corrected chi connectivity index (χ1v) is 10.2. The van der Waals surface area contributed by atoms with Crippen molar-refractivity contribution in [1.82, 2.24) is 4.98 Å². The predicted molar refractivity (Wildman–Crippen MR) is 105 cm³/mol. The molecule has 0 saturated carbocycles. The average molecular weight is 404 g/mol. The SMILES string of the molecule is O=C(CSc1nc(-c2ccc(Cl)cc2)cs1)c1ccc2c(c1)OCCO2. The highest BCUT2D eigenvalue weighted by molar-refractivity contribution is 8.01. The van der Waals surface area contributed by atoms with E-state index in [2.05, 4.69) is 4.98 Å². The van der Waals surface area contributed by atoms with Gasteiger partial charge in [0, 0.05) is 21.5 Å². The molecule has 0 atom stereocenters. The van der Waals surface area contributed by atoms with Crippen LogP contribution in [0.5, 0.6) is 11.5 Å². The zero-order valence-electron chi connectivity index (χ0n) is 13.6. The molecule has 26 heavy (non-hydrogen) atoms. The first-order valence-electron chi connectivity index (χ1n) is 7.96. The minimum Gasteiger partial charge on any atom is -0.486 e. The van der Waals surface area contributed by atoms with Crippen LogP contribution in [0.15, 0.2) is 52.2 Å². The van der Waals surface area contributed by atoms with Gasteiger partial charge in [0.2, 0.25) is 0 Å². The van der Waals surface area contributed by atoms with E-state index in [-0.39, 0.29) is 5.78 Å². The molecule has 3 aromatic rings. The van der Waals surface area contributed by atoms with E-state index in [4.69, 9.17) is 21.1 Å². The fraction of sp³-hybridized carbons (Fsp3) is 0.158. The molecule has 0 bridgehead atoms. The van der Waals surface area contributed by atoms with Gasteiger partial charge in [0.15, 0.2) is 21.6 Å². The molecule has 0 radical (unpaired) electrons. The molecule has 132 valence electrons. The van der Waals surface area contributed by atoms with E-state index >= 15 is 0 Å². The molecule has 0 spiro atoms. The lowest BCUT2D eigenvalue weighted by atomic mass is 10.1. The molecule has 1 aliphatic rings. The zero-order valence-corrected chi connectivity index (χ0v) is 16.0. The van der Waals surface area contributed by atoms with Gasteiger partial charge in [0.05, 0.1) is 11.4 Å². The Bertz CT molecular complexity index is 940. The van der Waals surface area contributed by atoms with E-state index in [0.29, 0.717) is 41.1 Å². The Morgan fingerprint density at radius 2 is 1.88 bits per heavy atom. The third-order valence-electron chi connectivity index (χ3n) is 3.81. The van der Waals surface area contributed by atoms with E-state index < -0.39 is 0 Å². The summed E-state index contributed by atoms with van der Waals surface area (Å²) < 4.78 is 11.9. The predicted octanol–water partition coefficient (Wildman–Crippen LogP) is 5.21. The number of ketones is 1. The Balaban J connectivity index is 1.41. The zero-order chi connectivity index (χ0) is 17.9. The summed E-state index contributed by atoms with van der Waals surface area (Å²) in [5, 5.41) is 2.68. The van der Waals surface area contributed by atoms with Crippen LogP contribution in [-0.4, -0.2) is 29.7 Å². The first-order chi connectivity index (χ1) is 12.7. The Kier molecular flexibility index (Phi) is 5.15. The van der Waals surface area contributed by atoms with Crippen LogP contribution in [0.3, 0.4) is 0 Å². The molecule has 4 nitrogen and oxygen atoms in total. The molecule has 0 saturated heterocycles. The van der Waals surface area contributed by atoms with Crippen molar-refractivity contribution in [2.75, 3.05) is 19.0 Å². The van der Waals surface area contributed by atoms with E-state index in [1.807, 2.05) is 29.6 Å². The number of fused-ring (bicyclic) bond motifs is 1. The number of Topliss-reactive ketones (excluding diaryl/α,β-unsaturated/α-hetero) is 1. The number of hydrogen-bond acceptors (Lipinski definition) is 6. The largest absolute Gasteiger partial charge is 0.486 e. The van der Waals surface area contributed by atoms with Crippen LogP contribution in [0.4, 0.5) is 0 Å². The molecule has 4 rings (SSSR count). The van der Waals surface area contributed by atoms with Crippen molar-refractivity contribution in [2.24, 2.45) is 0 Å². The highest BCUT2D eigenvalue weighted by Gasteiger charge is 2.16. The third-order valence-corrected chi connectivity index (χ3v) is 6.09. The van der Waals surface area contributed by atoms with Gasteiger partial charge in [-0.15, -0.1) is 11.3 Å². The maximum atomic E-state index is 12.5. The summed E-state index contributed by atoms with van der Waals surface area (Å²) in [7, 11) is 0. The molecule has 1 aromatic heterocycles. The highest BCUT2D eigenvalue weighted by Crippen LogP contribution is 2.32. The van der Waals surface area contributed by atoms with Gasteiger partial charge in [0.1, 0.15) is 13.2 Å². The molecule has 0 aliphatic carbocycles. The summed E-state index contributed by atoms with van der Waals surface area (Å²) >= 11 is 8.88. The number of nitrogens with zero attached hydrogens (tertiary/aromatic N) is 1. The number of hydrogen-bond donors (Lipinski definition) is 0. The Labute approximate surface area is 164 Å². The summed E-state index contributed by atoms with van der Waals surface area (Å²) in [6.07, 6.45) is 0. The van der Waals surface area contributed by atoms with Crippen molar-refractivity contribution >= 4 is 40.5 Å². The third kappa shape index (κ3) is 3.87. The fourth-order valence-electron chi connectivity index (χ4n) is 2.50. The second kappa shape index (κ2) is 7.70. The van der Waals surface area contributed by atoms with E-state index in [9.17, 15) is 4.79 Å². The quantitative estimate of drug-likeness (QED) is 0.432. The van der Waals surface area contributed by atoms with Crippen LogP contribution in [0.2, 0.25) is 5.02 Å². The molecule has 0 fully saturated rings. The van der Waals surface area contributed by atoms with Crippen LogP contribution in [0.25, 0.3) is 11.3 Å². The number of rotatable bonds is 5. The van der Waals surface area contributed by atoms with Crippen LogP contribution in [0.1, 0.15) is 10.4 Å². The number of carbonyl (C=O) groups excluding carboxylic acids is 1. The number of carbonyl (C=O) groups is 1. The van der Waals surface area contributed by atoms with Gasteiger partial charge in [-0.2, -0.15) is 0 Å². The second-order valence-corrected chi connectivity index (χ2v) is 8.09. The smallest absolute Gasteiger partial charge is 0.173 e. The Morgan fingerprint density at radius 1 is 1.12 bits per heavy atom. The van der Waals surface area contributed by atoms with Crippen molar-refractivity contribution in [2.45, 2.75) is 4.34 Å². The number of thiazole rings is 1. The molecule has 2 heterocycles. The van der Waals surface area contributed by atoms with Crippen LogP contribution < -0.4 is 9.47 Å². The number of thioether (sulfide) groups is 1. The molecule has 2 aromatic carbocycles. The monoisotopic (exact) mass is 403 g/mol. The molecule has 7 heteroatoms. The highest BCUT2D eigenvalue weighted by atomic mass is 35.5. The maximum Gasteiger partial charge on any atom is 0.173 e. The molecule has 0 amide bonds. The van der Waals surface area contributed by atoms with Gasteiger partial charge < -0.3 is 9.47 Å². The number of halogens is 1. The molecule has 0 unspecified atom stereocenters. The van der Waals surface area contributed by atoms with Crippen molar-refractivity contribution in [3.05, 3.63) is 58.4 Å². The Morgan fingerprint density at radius 3 is 2.69 bits per heavy atom. The fourth-order valence-corrected chi connectivity index (χ4v) is 4.36. The standard InChI is InChI=1S/C19H14ClNO3S2/c20-14-4-1-12(2-5-14)15-10-25-19(21-15)26-11-16(22)13-3-6-17-18(9-13)24-8-7-23-17/h1-6,9-10H,7-8,11H2. The molecule has 1 aliphatic heterocycles. The Hall–Kier alpha value is -2.02. The van der Waals surface area contributed by atoms with Crippen LogP contribution >= 0.6 is 34.7 Å². The van der Waals surface area contributed by atoms with Gasteiger partial charge >= 0.3 is 0 Å². The summed E-state index contributed by atoms with van der Waals surface area (Å²) in [4.78, 5) is 17.1. The van der Waals surface area contributed by atoms with E-state index in [0.717, 1.165) is 15.6 Å². The number of benzene rings is 2. The minimum absolute atomic E-state index is 0.0372. The van der Waals surface area contributed by atoms with Gasteiger partial charge in [-0.1, -0.05) is 35.5 Å². The minimum atomic E-state index is 0.0372. The topological polar surface area (TPSA) is 48.4 Å². The van der Waals surface area contributed by atoms with E-state index in [1.54, 1.807) is 18.2 Å². The summed E-state index contributed by atoms with van der Waals surface area (Å²) in [5.41, 5.74) is 2.52. The normalized spacial score (nSPS) is 12.8. The second-order valence-electron chi connectivity index (χ2n) is 5.58. The number of ether oxygens (including phenoxy) is 2. The lowest BCUT2D eigenvalue weighted by Crippen LogP contribution is -2.16. The van der Waals surface area contributed by atoms with Crippen molar-refractivity contribution in [3.63, 3.8) is 0 Å². The molecular formula is C19H14ClNO3S2. The average Bonchev–Trinajstić information content (AvgIpc) is 3.15. The number of aromatic nitrogens is 1. The van der Waals surface area contributed by atoms with Crippen LogP contribution in [-0.2, 0) is 0 Å². The van der Waals surface area contributed by atoms with Gasteiger partial charge in [-0.25, -0.2) is 4.98 Å². The summed E-state index contributed by atoms with van der Waals surface area (Å²) in [6, 6.07) is 12.9. The van der Waals surface area contributed by atoms with Crippen molar-refractivity contribution in [1.29, 1.82) is 0 Å². The molecule has 0 N–H and O–H groups in total. The maximum absolute atomic E-state index is 12.5. The lowest BCUT2D eigenvalue weighted by molar-refractivity contribution is 0.102. The molecular weight excluding hydrogens is 390 g/mol.